The first-order valence-electron chi connectivity index (χ1n) is 8.02. The Morgan fingerprint density at radius 1 is 0.913 bits per heavy atom. The van der Waals surface area contributed by atoms with Crippen molar-refractivity contribution in [3.63, 3.8) is 0 Å². The minimum atomic E-state index is -0.330. The summed E-state index contributed by atoms with van der Waals surface area (Å²) in [6.45, 7) is 2.22. The van der Waals surface area contributed by atoms with Gasteiger partial charge >= 0.3 is 5.97 Å². The van der Waals surface area contributed by atoms with Crippen LogP contribution in [0.3, 0.4) is 0 Å². The molecule has 0 bridgehead atoms. The van der Waals surface area contributed by atoms with E-state index in [-0.39, 0.29) is 5.97 Å². The third-order valence-corrected chi connectivity index (χ3v) is 3.68. The molecule has 2 rings (SSSR count). The molecule has 0 spiro atoms. The van der Waals surface area contributed by atoms with Crippen LogP contribution in [0.1, 0.15) is 53.2 Å². The molecule has 0 fully saturated rings. The molecule has 2 aromatic rings. The van der Waals surface area contributed by atoms with E-state index in [1.165, 1.54) is 31.9 Å². The Labute approximate surface area is 138 Å². The van der Waals surface area contributed by atoms with Crippen LogP contribution in [0.15, 0.2) is 48.5 Å². The van der Waals surface area contributed by atoms with E-state index in [1.54, 1.807) is 12.1 Å². The number of ether oxygens (including phenoxy) is 1. The Bertz CT molecular complexity index is 685. The molecule has 0 aliphatic heterocycles. The van der Waals surface area contributed by atoms with E-state index in [0.717, 1.165) is 17.5 Å². The zero-order chi connectivity index (χ0) is 16.5. The first kappa shape index (κ1) is 16.8. The van der Waals surface area contributed by atoms with Crippen molar-refractivity contribution in [3.05, 3.63) is 70.8 Å². The van der Waals surface area contributed by atoms with Gasteiger partial charge in [-0.15, -0.1) is 0 Å². The van der Waals surface area contributed by atoms with Crippen molar-refractivity contribution in [1.29, 1.82) is 0 Å². The van der Waals surface area contributed by atoms with Gasteiger partial charge < -0.3 is 4.74 Å². The summed E-state index contributed by atoms with van der Waals surface area (Å²) in [6, 6.07) is 15.6. The molecule has 0 atom stereocenters. The second-order valence-corrected chi connectivity index (χ2v) is 5.47. The van der Waals surface area contributed by atoms with Crippen molar-refractivity contribution >= 4 is 5.97 Å². The molecule has 23 heavy (non-hydrogen) atoms. The van der Waals surface area contributed by atoms with E-state index >= 15 is 0 Å². The zero-order valence-corrected chi connectivity index (χ0v) is 13.8. The van der Waals surface area contributed by atoms with E-state index in [1.807, 2.05) is 12.1 Å². The van der Waals surface area contributed by atoms with Crippen LogP contribution in [0.5, 0.6) is 0 Å². The molecular formula is C21H22O2. The smallest absolute Gasteiger partial charge is 0.337 e. The average Bonchev–Trinajstić information content (AvgIpc) is 2.61. The second kappa shape index (κ2) is 8.80. The van der Waals surface area contributed by atoms with Gasteiger partial charge in [-0.1, -0.05) is 43.7 Å². The molecule has 0 amide bonds. The highest BCUT2D eigenvalue weighted by Crippen LogP contribution is 2.09. The molecular weight excluding hydrogens is 284 g/mol. The first-order chi connectivity index (χ1) is 11.2. The lowest BCUT2D eigenvalue weighted by Crippen LogP contribution is -2.00. The fourth-order valence-corrected chi connectivity index (χ4v) is 2.29. The maximum Gasteiger partial charge on any atom is 0.337 e. The van der Waals surface area contributed by atoms with Crippen LogP contribution >= 0.6 is 0 Å². The average molecular weight is 306 g/mol. The molecule has 2 aromatic carbocycles. The highest BCUT2D eigenvalue weighted by Gasteiger charge is 2.03. The quantitative estimate of drug-likeness (QED) is 0.458. The van der Waals surface area contributed by atoms with Crippen molar-refractivity contribution in [2.75, 3.05) is 7.11 Å². The van der Waals surface area contributed by atoms with Crippen molar-refractivity contribution in [2.45, 2.75) is 32.6 Å². The molecule has 0 saturated heterocycles. The van der Waals surface area contributed by atoms with E-state index in [9.17, 15) is 4.79 Å². The van der Waals surface area contributed by atoms with Crippen molar-refractivity contribution in [3.8, 4) is 11.8 Å². The first-order valence-corrected chi connectivity index (χ1v) is 8.02. The fraction of sp³-hybridized carbons (Fsp3) is 0.286. The van der Waals surface area contributed by atoms with Crippen molar-refractivity contribution in [2.24, 2.45) is 0 Å². The summed E-state index contributed by atoms with van der Waals surface area (Å²) in [5.74, 6) is 5.94. The largest absolute Gasteiger partial charge is 0.465 e. The SMILES string of the molecule is CCCCCc1ccc(C#Cc2ccc(C(=O)OC)cc2)cc1. The summed E-state index contributed by atoms with van der Waals surface area (Å²) < 4.78 is 4.68. The third-order valence-electron chi connectivity index (χ3n) is 3.68. The highest BCUT2D eigenvalue weighted by molar-refractivity contribution is 5.89. The Morgan fingerprint density at radius 2 is 1.48 bits per heavy atom. The summed E-state index contributed by atoms with van der Waals surface area (Å²) in [4.78, 5) is 11.4. The van der Waals surface area contributed by atoms with Crippen molar-refractivity contribution in [1.82, 2.24) is 0 Å². The van der Waals surface area contributed by atoms with Gasteiger partial charge in [-0.2, -0.15) is 0 Å². The lowest BCUT2D eigenvalue weighted by atomic mass is 10.1. The maximum atomic E-state index is 11.4. The minimum Gasteiger partial charge on any atom is -0.465 e. The summed E-state index contributed by atoms with van der Waals surface area (Å²) in [7, 11) is 1.38. The molecule has 0 radical (unpaired) electrons. The summed E-state index contributed by atoms with van der Waals surface area (Å²) in [5.41, 5.74) is 3.78. The molecule has 118 valence electrons. The van der Waals surface area contributed by atoms with Crippen LogP contribution in [0, 0.1) is 11.8 Å². The predicted molar refractivity (Wildman–Crippen MR) is 93.4 cm³/mol. The van der Waals surface area contributed by atoms with E-state index < -0.39 is 0 Å². The number of esters is 1. The van der Waals surface area contributed by atoms with E-state index in [4.69, 9.17) is 0 Å². The van der Waals surface area contributed by atoms with Gasteiger partial charge in [0.25, 0.3) is 0 Å². The number of unbranched alkanes of at least 4 members (excludes halogenated alkanes) is 2. The number of aryl methyl sites for hydroxylation is 1. The number of rotatable bonds is 5. The van der Waals surface area contributed by atoms with Crippen LogP contribution < -0.4 is 0 Å². The van der Waals surface area contributed by atoms with Crippen LogP contribution in [0.25, 0.3) is 0 Å². The normalized spacial score (nSPS) is 9.83. The molecule has 2 nitrogen and oxygen atoms in total. The Hall–Kier alpha value is -2.53. The van der Waals surface area contributed by atoms with Crippen LogP contribution in [0.4, 0.5) is 0 Å². The van der Waals surface area contributed by atoms with Gasteiger partial charge in [-0.05, 0) is 54.8 Å². The molecule has 0 N–H and O–H groups in total. The number of methoxy groups -OCH3 is 1. The number of hydrogen-bond acceptors (Lipinski definition) is 2. The molecule has 0 saturated carbocycles. The topological polar surface area (TPSA) is 26.3 Å². The second-order valence-electron chi connectivity index (χ2n) is 5.47. The number of carbonyl (C=O) groups excluding carboxylic acids is 1. The van der Waals surface area contributed by atoms with E-state index in [0.29, 0.717) is 5.56 Å². The van der Waals surface area contributed by atoms with Gasteiger partial charge in [-0.25, -0.2) is 4.79 Å². The zero-order valence-electron chi connectivity index (χ0n) is 13.8. The summed E-state index contributed by atoms with van der Waals surface area (Å²) >= 11 is 0. The van der Waals surface area contributed by atoms with Gasteiger partial charge in [0.15, 0.2) is 0 Å². The van der Waals surface area contributed by atoms with Crippen molar-refractivity contribution < 1.29 is 9.53 Å². The van der Waals surface area contributed by atoms with Crippen LogP contribution in [0.2, 0.25) is 0 Å². The lowest BCUT2D eigenvalue weighted by molar-refractivity contribution is 0.0600. The Morgan fingerprint density at radius 3 is 2.00 bits per heavy atom. The molecule has 0 aliphatic rings. The van der Waals surface area contributed by atoms with Gasteiger partial charge in [-0.3, -0.25) is 0 Å². The minimum absolute atomic E-state index is 0.330. The highest BCUT2D eigenvalue weighted by atomic mass is 16.5. The molecule has 0 aliphatic carbocycles. The van der Waals surface area contributed by atoms with E-state index in [2.05, 4.69) is 47.8 Å². The Balaban J connectivity index is 1.99. The van der Waals surface area contributed by atoms with Gasteiger partial charge in [0, 0.05) is 11.1 Å². The lowest BCUT2D eigenvalue weighted by Gasteiger charge is -2.00. The molecule has 0 heterocycles. The fourth-order valence-electron chi connectivity index (χ4n) is 2.29. The third kappa shape index (κ3) is 5.30. The summed E-state index contributed by atoms with van der Waals surface area (Å²) in [5, 5.41) is 0. The molecule has 2 heteroatoms. The van der Waals surface area contributed by atoms with Gasteiger partial charge in [0.05, 0.1) is 12.7 Å². The monoisotopic (exact) mass is 306 g/mol. The standard InChI is InChI=1S/C21H22O2/c1-3-4-5-6-17-7-9-18(10-8-17)11-12-19-13-15-20(16-14-19)21(22)23-2/h7-10,13-16H,3-6H2,1-2H3. The van der Waals surface area contributed by atoms with Gasteiger partial charge in [0.2, 0.25) is 0 Å². The molecule has 0 aromatic heterocycles. The predicted octanol–water partition coefficient (Wildman–Crippen LogP) is 4.61. The summed E-state index contributed by atoms with van der Waals surface area (Å²) in [6.07, 6.45) is 4.91. The number of benzene rings is 2. The molecule has 0 unspecified atom stereocenters. The Kier molecular flexibility index (Phi) is 6.44. The number of carbonyl (C=O) groups is 1. The van der Waals surface area contributed by atoms with Crippen LogP contribution in [-0.2, 0) is 11.2 Å². The maximum absolute atomic E-state index is 11.4. The van der Waals surface area contributed by atoms with Crippen LogP contribution in [-0.4, -0.2) is 13.1 Å². The van der Waals surface area contributed by atoms with Gasteiger partial charge in [0.1, 0.15) is 0 Å². The number of hydrogen-bond donors (Lipinski definition) is 0.